The van der Waals surface area contributed by atoms with E-state index in [4.69, 9.17) is 23.2 Å². The summed E-state index contributed by atoms with van der Waals surface area (Å²) >= 11 is 12.8. The molecule has 3 fully saturated rings. The van der Waals surface area contributed by atoms with Crippen molar-refractivity contribution in [3.63, 3.8) is 0 Å². The quantitative estimate of drug-likeness (QED) is 0.603. The van der Waals surface area contributed by atoms with Gasteiger partial charge in [-0.25, -0.2) is 0 Å². The van der Waals surface area contributed by atoms with Crippen LogP contribution in [-0.4, -0.2) is 11.8 Å². The molecule has 0 N–H and O–H groups in total. The summed E-state index contributed by atoms with van der Waals surface area (Å²) in [5.41, 5.74) is 0. The molecule has 0 nitrogen and oxygen atoms in total. The minimum atomic E-state index is 0.807. The SMILES string of the molecule is ClCC1C2CCCCC2C(CCl)C2CCCCC12. The molecule has 3 aliphatic carbocycles. The molecule has 0 aromatic carbocycles. The van der Waals surface area contributed by atoms with Gasteiger partial charge in [-0.1, -0.05) is 25.7 Å². The molecule has 0 aromatic heterocycles. The molecule has 2 heteroatoms. The van der Waals surface area contributed by atoms with Crippen molar-refractivity contribution in [2.75, 3.05) is 11.8 Å². The maximum Gasteiger partial charge on any atom is 0.0257 e. The molecule has 3 saturated carbocycles. The Labute approximate surface area is 122 Å². The minimum Gasteiger partial charge on any atom is -0.126 e. The molecule has 0 aromatic rings. The summed E-state index contributed by atoms with van der Waals surface area (Å²) in [7, 11) is 0. The van der Waals surface area contributed by atoms with Crippen LogP contribution in [0.2, 0.25) is 0 Å². The van der Waals surface area contributed by atoms with Gasteiger partial charge in [0.15, 0.2) is 0 Å². The predicted octanol–water partition coefficient (Wildman–Crippen LogP) is 5.32. The fourth-order valence-corrected chi connectivity index (χ4v) is 6.51. The molecule has 4 unspecified atom stereocenters. The van der Waals surface area contributed by atoms with Crippen molar-refractivity contribution >= 4 is 23.2 Å². The zero-order chi connectivity index (χ0) is 12.5. The molecule has 0 amide bonds. The molecular formula is C16H26Cl2. The highest BCUT2D eigenvalue weighted by molar-refractivity contribution is 6.18. The van der Waals surface area contributed by atoms with E-state index in [1.165, 1.54) is 51.4 Å². The largest absolute Gasteiger partial charge is 0.126 e. The van der Waals surface area contributed by atoms with Gasteiger partial charge < -0.3 is 0 Å². The second-order valence-electron chi connectivity index (χ2n) is 6.86. The number of fused-ring (bicyclic) bond motifs is 2. The molecule has 104 valence electrons. The lowest BCUT2D eigenvalue weighted by Gasteiger charge is -2.55. The van der Waals surface area contributed by atoms with Crippen molar-refractivity contribution in [3.05, 3.63) is 0 Å². The lowest BCUT2D eigenvalue weighted by Crippen LogP contribution is -2.50. The summed E-state index contributed by atoms with van der Waals surface area (Å²) in [4.78, 5) is 0. The first kappa shape index (κ1) is 13.6. The van der Waals surface area contributed by atoms with Gasteiger partial charge in [0.1, 0.15) is 0 Å². The van der Waals surface area contributed by atoms with E-state index in [-0.39, 0.29) is 0 Å². The van der Waals surface area contributed by atoms with Crippen molar-refractivity contribution in [1.82, 2.24) is 0 Å². The summed E-state index contributed by atoms with van der Waals surface area (Å²) < 4.78 is 0. The molecule has 3 rings (SSSR count). The smallest absolute Gasteiger partial charge is 0.0257 e. The number of rotatable bonds is 2. The zero-order valence-corrected chi connectivity index (χ0v) is 12.8. The van der Waals surface area contributed by atoms with E-state index < -0.39 is 0 Å². The minimum absolute atomic E-state index is 0.807. The molecule has 0 spiro atoms. The van der Waals surface area contributed by atoms with Crippen molar-refractivity contribution in [2.45, 2.75) is 51.4 Å². The molecule has 4 atom stereocenters. The zero-order valence-electron chi connectivity index (χ0n) is 11.3. The van der Waals surface area contributed by atoms with E-state index in [0.29, 0.717) is 0 Å². The van der Waals surface area contributed by atoms with Crippen LogP contribution in [0.4, 0.5) is 0 Å². The highest BCUT2D eigenvalue weighted by Crippen LogP contribution is 2.56. The van der Waals surface area contributed by atoms with Gasteiger partial charge >= 0.3 is 0 Å². The summed E-state index contributed by atoms with van der Waals surface area (Å²) in [5, 5.41) is 0. The first-order valence-electron chi connectivity index (χ1n) is 7.98. The van der Waals surface area contributed by atoms with Crippen molar-refractivity contribution in [3.8, 4) is 0 Å². The predicted molar refractivity (Wildman–Crippen MR) is 79.3 cm³/mol. The van der Waals surface area contributed by atoms with Crippen LogP contribution in [0, 0.1) is 35.5 Å². The lowest BCUT2D eigenvalue weighted by atomic mass is 9.51. The van der Waals surface area contributed by atoms with Gasteiger partial charge in [-0.3, -0.25) is 0 Å². The first-order valence-corrected chi connectivity index (χ1v) is 9.05. The van der Waals surface area contributed by atoms with E-state index in [0.717, 1.165) is 47.3 Å². The Morgan fingerprint density at radius 2 is 0.833 bits per heavy atom. The third-order valence-electron chi connectivity index (χ3n) is 6.31. The molecule has 0 radical (unpaired) electrons. The van der Waals surface area contributed by atoms with Gasteiger partial charge in [-0.15, -0.1) is 23.2 Å². The van der Waals surface area contributed by atoms with Crippen LogP contribution in [-0.2, 0) is 0 Å². The fourth-order valence-electron chi connectivity index (χ4n) is 5.60. The van der Waals surface area contributed by atoms with Crippen LogP contribution in [0.25, 0.3) is 0 Å². The van der Waals surface area contributed by atoms with Crippen LogP contribution >= 0.6 is 23.2 Å². The standard InChI is InChI=1S/C16H26Cl2/c17-9-15-11-5-1-2-6-12(11)16(10-18)14-8-4-3-7-13(14)15/h11-16H,1-10H2. The van der Waals surface area contributed by atoms with Gasteiger partial charge in [0.2, 0.25) is 0 Å². The maximum absolute atomic E-state index is 6.38. The Kier molecular flexibility index (Phi) is 4.46. The lowest BCUT2D eigenvalue weighted by molar-refractivity contribution is -0.0441. The third-order valence-corrected chi connectivity index (χ3v) is 7.02. The van der Waals surface area contributed by atoms with Crippen molar-refractivity contribution < 1.29 is 0 Å². The van der Waals surface area contributed by atoms with Crippen LogP contribution in [0.15, 0.2) is 0 Å². The van der Waals surface area contributed by atoms with Crippen LogP contribution in [0.3, 0.4) is 0 Å². The molecule has 18 heavy (non-hydrogen) atoms. The van der Waals surface area contributed by atoms with Gasteiger partial charge in [0.05, 0.1) is 0 Å². The van der Waals surface area contributed by atoms with Crippen LogP contribution in [0.5, 0.6) is 0 Å². The van der Waals surface area contributed by atoms with E-state index in [2.05, 4.69) is 0 Å². The Hall–Kier alpha value is 0.580. The Bertz CT molecular complexity index is 213. The van der Waals surface area contributed by atoms with E-state index >= 15 is 0 Å². The fraction of sp³-hybridized carbons (Fsp3) is 1.00. The average molecular weight is 289 g/mol. The number of halogens is 2. The Balaban J connectivity index is 1.87. The topological polar surface area (TPSA) is 0 Å². The van der Waals surface area contributed by atoms with E-state index in [1.54, 1.807) is 0 Å². The number of hydrogen-bond donors (Lipinski definition) is 0. The normalized spacial score (nSPS) is 48.3. The summed E-state index contributed by atoms with van der Waals surface area (Å²) in [5.74, 6) is 7.02. The molecule has 3 aliphatic rings. The second-order valence-corrected chi connectivity index (χ2v) is 7.48. The van der Waals surface area contributed by atoms with E-state index in [1.807, 2.05) is 0 Å². The molecule has 0 bridgehead atoms. The highest BCUT2D eigenvalue weighted by Gasteiger charge is 2.50. The Morgan fingerprint density at radius 1 is 0.556 bits per heavy atom. The molecule has 0 saturated heterocycles. The van der Waals surface area contributed by atoms with Crippen LogP contribution < -0.4 is 0 Å². The first-order chi connectivity index (χ1) is 8.86. The monoisotopic (exact) mass is 288 g/mol. The highest BCUT2D eigenvalue weighted by atomic mass is 35.5. The third kappa shape index (κ3) is 2.22. The van der Waals surface area contributed by atoms with Crippen LogP contribution in [0.1, 0.15) is 51.4 Å². The maximum atomic E-state index is 6.38. The average Bonchev–Trinajstić information content (AvgIpc) is 2.44. The number of hydrogen-bond acceptors (Lipinski definition) is 0. The molecule has 0 aliphatic heterocycles. The summed E-state index contributed by atoms with van der Waals surface area (Å²) in [6.45, 7) is 0. The second kappa shape index (κ2) is 5.92. The summed E-state index contributed by atoms with van der Waals surface area (Å²) in [6, 6.07) is 0. The Morgan fingerprint density at radius 3 is 1.06 bits per heavy atom. The molecular weight excluding hydrogens is 263 g/mol. The van der Waals surface area contributed by atoms with Gasteiger partial charge in [0.25, 0.3) is 0 Å². The van der Waals surface area contributed by atoms with Crippen molar-refractivity contribution in [2.24, 2.45) is 35.5 Å². The van der Waals surface area contributed by atoms with Crippen molar-refractivity contribution in [1.29, 1.82) is 0 Å². The van der Waals surface area contributed by atoms with Gasteiger partial charge in [-0.2, -0.15) is 0 Å². The molecule has 0 heterocycles. The van der Waals surface area contributed by atoms with E-state index in [9.17, 15) is 0 Å². The number of alkyl halides is 2. The van der Waals surface area contributed by atoms with Gasteiger partial charge in [0, 0.05) is 11.8 Å². The summed E-state index contributed by atoms with van der Waals surface area (Å²) in [6.07, 6.45) is 11.4. The van der Waals surface area contributed by atoms with Gasteiger partial charge in [-0.05, 0) is 61.2 Å².